The molecule has 0 aromatic heterocycles. The minimum Gasteiger partial charge on any atom is -0.480 e. The average Bonchev–Trinajstić information content (AvgIpc) is 2.36. The Hall–Kier alpha value is -2.68. The molecule has 21 heavy (non-hydrogen) atoms. The van der Waals surface area contributed by atoms with Crippen molar-refractivity contribution in [2.45, 2.75) is 12.5 Å². The maximum absolute atomic E-state index is 11.9. The van der Waals surface area contributed by atoms with Crippen molar-refractivity contribution < 1.29 is 24.4 Å². The average molecular weight is 316 g/mol. The highest BCUT2D eigenvalue weighted by Gasteiger charge is 2.23. The van der Waals surface area contributed by atoms with Gasteiger partial charge in [0.1, 0.15) is 6.04 Å². The van der Waals surface area contributed by atoms with Gasteiger partial charge in [0.05, 0.1) is 11.3 Å². The summed E-state index contributed by atoms with van der Waals surface area (Å²) in [5.74, 6) is -3.30. The van der Waals surface area contributed by atoms with Crippen LogP contribution in [0.1, 0.15) is 16.8 Å². The maximum Gasteiger partial charge on any atom is 0.326 e. The first kappa shape index (κ1) is 16.4. The van der Waals surface area contributed by atoms with E-state index in [1.165, 1.54) is 0 Å². The zero-order valence-corrected chi connectivity index (χ0v) is 11.2. The van der Waals surface area contributed by atoms with Crippen molar-refractivity contribution in [2.24, 2.45) is 5.73 Å². The van der Waals surface area contributed by atoms with Gasteiger partial charge in [-0.05, 0) is 6.07 Å². The first-order valence-electron chi connectivity index (χ1n) is 5.47. The van der Waals surface area contributed by atoms with Gasteiger partial charge in [-0.25, -0.2) is 4.79 Å². The number of nitrogens with zero attached hydrogens (tertiary/aromatic N) is 1. The summed E-state index contributed by atoms with van der Waals surface area (Å²) in [5, 5.41) is 21.5. The molecular formula is C11H10ClN3O6. The molecule has 0 bridgehead atoms. The minimum atomic E-state index is -1.53. The number of aliphatic carboxylic acids is 1. The number of rotatable bonds is 6. The molecular weight excluding hydrogens is 306 g/mol. The van der Waals surface area contributed by atoms with Crippen LogP contribution in [0.4, 0.5) is 5.69 Å². The van der Waals surface area contributed by atoms with E-state index in [1.54, 1.807) is 0 Å². The van der Waals surface area contributed by atoms with E-state index in [2.05, 4.69) is 0 Å². The van der Waals surface area contributed by atoms with Crippen molar-refractivity contribution in [3.8, 4) is 0 Å². The maximum atomic E-state index is 11.9. The van der Waals surface area contributed by atoms with E-state index in [4.69, 9.17) is 22.4 Å². The second kappa shape index (κ2) is 6.66. The molecule has 10 heteroatoms. The Bertz CT molecular complexity index is 618. The zero-order chi connectivity index (χ0) is 16.2. The number of primary amides is 1. The van der Waals surface area contributed by atoms with Gasteiger partial charge < -0.3 is 16.2 Å². The summed E-state index contributed by atoms with van der Waals surface area (Å²) in [6.07, 6.45) is -0.607. The summed E-state index contributed by atoms with van der Waals surface area (Å²) in [6.45, 7) is 0. The van der Waals surface area contributed by atoms with Crippen LogP contribution in [-0.4, -0.2) is 33.9 Å². The highest BCUT2D eigenvalue weighted by atomic mass is 35.5. The molecule has 0 fully saturated rings. The monoisotopic (exact) mass is 315 g/mol. The van der Waals surface area contributed by atoms with Crippen molar-refractivity contribution in [1.82, 2.24) is 5.32 Å². The number of non-ortho nitro benzene ring substituents is 1. The lowest BCUT2D eigenvalue weighted by Crippen LogP contribution is -2.43. The first-order chi connectivity index (χ1) is 9.70. The lowest BCUT2D eigenvalue weighted by molar-refractivity contribution is -0.384. The topological polar surface area (TPSA) is 153 Å². The van der Waals surface area contributed by atoms with Gasteiger partial charge >= 0.3 is 5.97 Å². The van der Waals surface area contributed by atoms with Crippen molar-refractivity contribution in [2.75, 3.05) is 0 Å². The van der Waals surface area contributed by atoms with Gasteiger partial charge in [-0.1, -0.05) is 11.6 Å². The Morgan fingerprint density at radius 1 is 1.38 bits per heavy atom. The molecule has 1 rings (SSSR count). The number of hydrogen-bond acceptors (Lipinski definition) is 5. The largest absolute Gasteiger partial charge is 0.480 e. The van der Waals surface area contributed by atoms with E-state index in [0.29, 0.717) is 0 Å². The quantitative estimate of drug-likeness (QED) is 0.507. The van der Waals surface area contributed by atoms with Crippen molar-refractivity contribution in [3.05, 3.63) is 38.9 Å². The second-order valence-electron chi connectivity index (χ2n) is 3.99. The fraction of sp³-hybridized carbons (Fsp3) is 0.182. The number of nitro benzene ring substituents is 1. The van der Waals surface area contributed by atoms with E-state index in [-0.39, 0.29) is 10.6 Å². The fourth-order valence-corrected chi connectivity index (χ4v) is 1.68. The Kier molecular flexibility index (Phi) is 5.19. The van der Waals surface area contributed by atoms with Crippen LogP contribution in [0, 0.1) is 10.1 Å². The third kappa shape index (κ3) is 4.73. The molecule has 1 aromatic rings. The summed E-state index contributed by atoms with van der Waals surface area (Å²) >= 11 is 5.65. The van der Waals surface area contributed by atoms with Crippen LogP contribution in [0.25, 0.3) is 0 Å². The van der Waals surface area contributed by atoms with E-state index in [0.717, 1.165) is 18.2 Å². The zero-order valence-electron chi connectivity index (χ0n) is 10.4. The molecule has 1 aromatic carbocycles. The highest BCUT2D eigenvalue weighted by molar-refractivity contribution is 6.31. The van der Waals surface area contributed by atoms with E-state index in [9.17, 15) is 24.5 Å². The fourth-order valence-electron chi connectivity index (χ4n) is 1.45. The molecule has 0 saturated heterocycles. The van der Waals surface area contributed by atoms with E-state index >= 15 is 0 Å². The summed E-state index contributed by atoms with van der Waals surface area (Å²) in [4.78, 5) is 43.4. The molecule has 0 spiro atoms. The number of carbonyl (C=O) groups excluding carboxylic acids is 2. The molecule has 112 valence electrons. The van der Waals surface area contributed by atoms with Gasteiger partial charge in [-0.3, -0.25) is 19.7 Å². The predicted molar refractivity (Wildman–Crippen MR) is 70.8 cm³/mol. The third-order valence-corrected chi connectivity index (χ3v) is 2.58. The number of halogens is 1. The number of carboxylic acids is 1. The normalized spacial score (nSPS) is 11.5. The van der Waals surface area contributed by atoms with E-state index < -0.39 is 40.9 Å². The molecule has 0 aliphatic heterocycles. The molecule has 4 N–H and O–H groups in total. The Balaban J connectivity index is 2.99. The van der Waals surface area contributed by atoms with Crippen LogP contribution < -0.4 is 11.1 Å². The highest BCUT2D eigenvalue weighted by Crippen LogP contribution is 2.21. The molecule has 9 nitrogen and oxygen atoms in total. The molecule has 0 saturated carbocycles. The molecule has 0 radical (unpaired) electrons. The smallest absolute Gasteiger partial charge is 0.326 e. The Morgan fingerprint density at radius 3 is 2.48 bits per heavy atom. The summed E-state index contributed by atoms with van der Waals surface area (Å²) in [6, 6.07) is 1.57. The van der Waals surface area contributed by atoms with Gasteiger partial charge in [-0.15, -0.1) is 0 Å². The van der Waals surface area contributed by atoms with Gasteiger partial charge in [0.2, 0.25) is 5.91 Å². The Morgan fingerprint density at radius 2 is 2.00 bits per heavy atom. The number of hydrogen-bond donors (Lipinski definition) is 3. The molecule has 0 aliphatic rings. The van der Waals surface area contributed by atoms with Gasteiger partial charge in [0, 0.05) is 22.7 Å². The number of nitrogens with two attached hydrogens (primary N) is 1. The number of amides is 2. The van der Waals surface area contributed by atoms with Crippen molar-refractivity contribution >= 4 is 35.1 Å². The number of carbonyl (C=O) groups is 3. The van der Waals surface area contributed by atoms with Crippen molar-refractivity contribution in [3.63, 3.8) is 0 Å². The third-order valence-electron chi connectivity index (χ3n) is 2.36. The van der Waals surface area contributed by atoms with Crippen LogP contribution in [-0.2, 0) is 9.59 Å². The van der Waals surface area contributed by atoms with Crippen LogP contribution in [0.15, 0.2) is 18.2 Å². The molecule has 2 amide bonds. The Labute approximate surface area is 122 Å². The minimum absolute atomic E-state index is 0.0591. The van der Waals surface area contributed by atoms with Crippen LogP contribution >= 0.6 is 11.6 Å². The first-order valence-corrected chi connectivity index (χ1v) is 5.85. The molecule has 0 heterocycles. The SMILES string of the molecule is NC(=O)CC(NC(=O)c1cc(Cl)cc([N+](=O)[O-])c1)C(=O)O. The number of nitro groups is 1. The predicted octanol–water partition coefficient (Wildman–Crippen LogP) is 0.307. The number of benzene rings is 1. The summed E-state index contributed by atoms with van der Waals surface area (Å²) in [5.41, 5.74) is 4.24. The summed E-state index contributed by atoms with van der Waals surface area (Å²) in [7, 11) is 0. The second-order valence-corrected chi connectivity index (χ2v) is 4.43. The van der Waals surface area contributed by atoms with Crippen LogP contribution in [0.2, 0.25) is 5.02 Å². The van der Waals surface area contributed by atoms with Gasteiger partial charge in [0.15, 0.2) is 0 Å². The van der Waals surface area contributed by atoms with Crippen LogP contribution in [0.3, 0.4) is 0 Å². The molecule has 1 atom stereocenters. The lowest BCUT2D eigenvalue weighted by atomic mass is 10.1. The number of nitrogens with one attached hydrogen (secondary N) is 1. The molecule has 0 aliphatic carbocycles. The van der Waals surface area contributed by atoms with E-state index in [1.807, 2.05) is 5.32 Å². The lowest BCUT2D eigenvalue weighted by Gasteiger charge is -2.12. The standard InChI is InChI=1S/C11H10ClN3O6/c12-6-1-5(2-7(3-6)15(20)21)10(17)14-8(11(18)19)4-9(13)16/h1-3,8H,4H2,(H2,13,16)(H,14,17)(H,18,19). The van der Waals surface area contributed by atoms with Crippen LogP contribution in [0.5, 0.6) is 0 Å². The molecule has 1 unspecified atom stereocenters. The summed E-state index contributed by atoms with van der Waals surface area (Å²) < 4.78 is 0. The van der Waals surface area contributed by atoms with Gasteiger partial charge in [-0.2, -0.15) is 0 Å². The van der Waals surface area contributed by atoms with Gasteiger partial charge in [0.25, 0.3) is 11.6 Å². The van der Waals surface area contributed by atoms with Crippen molar-refractivity contribution in [1.29, 1.82) is 0 Å². The number of carboxylic acid groups (broad SMARTS) is 1.